The maximum absolute atomic E-state index is 13.0. The van der Waals surface area contributed by atoms with Crippen molar-refractivity contribution in [2.45, 2.75) is 0 Å². The number of rotatable bonds is 2. The van der Waals surface area contributed by atoms with Crippen molar-refractivity contribution >= 4 is 23.2 Å². The zero-order valence-electron chi connectivity index (χ0n) is 10.9. The van der Waals surface area contributed by atoms with Crippen molar-refractivity contribution in [2.75, 3.05) is 11.9 Å². The number of hydrogen-bond acceptors (Lipinski definition) is 2. The highest BCUT2D eigenvalue weighted by Gasteiger charge is 2.12. The number of aliphatic hydroxyl groups is 1. The summed E-state index contributed by atoms with van der Waals surface area (Å²) in [6.07, 6.45) is 0. The third-order valence-electron chi connectivity index (χ3n) is 2.65. The van der Waals surface area contributed by atoms with Crippen molar-refractivity contribution in [2.24, 2.45) is 0 Å². The number of nitrogens with one attached hydrogen (secondary N) is 1. The van der Waals surface area contributed by atoms with Crippen LogP contribution in [0.2, 0.25) is 5.02 Å². The van der Waals surface area contributed by atoms with E-state index in [1.165, 1.54) is 6.07 Å². The fourth-order valence-electron chi connectivity index (χ4n) is 1.70. The number of carbonyl (C=O) groups excluding carboxylic acids is 1. The molecule has 2 aromatic rings. The molecule has 2 N–H and O–H groups in total. The maximum atomic E-state index is 13.0. The van der Waals surface area contributed by atoms with Gasteiger partial charge in [0.2, 0.25) is 0 Å². The Hall–Kier alpha value is -2.35. The van der Waals surface area contributed by atoms with E-state index in [4.69, 9.17) is 16.7 Å². The minimum atomic E-state index is -0.509. The van der Waals surface area contributed by atoms with Gasteiger partial charge in [0, 0.05) is 5.56 Å². The summed E-state index contributed by atoms with van der Waals surface area (Å²) in [6.45, 7) is -0.272. The van der Waals surface area contributed by atoms with E-state index in [0.717, 1.165) is 12.1 Å². The molecule has 0 heterocycles. The number of benzene rings is 2. The zero-order chi connectivity index (χ0) is 15.2. The first-order valence-corrected chi connectivity index (χ1v) is 6.45. The van der Waals surface area contributed by atoms with Crippen LogP contribution in [0, 0.1) is 17.7 Å². The lowest BCUT2D eigenvalue weighted by Crippen LogP contribution is -2.13. The number of anilines is 1. The Morgan fingerprint density at radius 1 is 1.29 bits per heavy atom. The Balaban J connectivity index is 2.27. The summed E-state index contributed by atoms with van der Waals surface area (Å²) in [5.41, 5.74) is 1.23. The third-order valence-corrected chi connectivity index (χ3v) is 2.97. The molecule has 106 valence electrons. The van der Waals surface area contributed by atoms with Gasteiger partial charge in [-0.05, 0) is 30.3 Å². The minimum absolute atomic E-state index is 0.0337. The summed E-state index contributed by atoms with van der Waals surface area (Å²) in [4.78, 5) is 12.2. The van der Waals surface area contributed by atoms with E-state index in [9.17, 15) is 9.18 Å². The molecule has 2 aromatic carbocycles. The number of para-hydroxylation sites is 1. The standard InChI is InChI=1S/C16H11ClFNO2/c17-14-10-12(18)7-8-13(14)16(21)19-15-6-2-1-4-11(15)5-3-9-20/h1-2,4,6-8,10,20H,9H2,(H,19,21). The van der Waals surface area contributed by atoms with Crippen molar-refractivity contribution in [1.82, 2.24) is 0 Å². The fraction of sp³-hybridized carbons (Fsp3) is 0.0625. The van der Waals surface area contributed by atoms with Gasteiger partial charge < -0.3 is 10.4 Å². The van der Waals surface area contributed by atoms with Crippen LogP contribution < -0.4 is 5.32 Å². The molecule has 2 rings (SSSR count). The first kappa shape index (κ1) is 15.0. The van der Waals surface area contributed by atoms with Crippen LogP contribution in [0.3, 0.4) is 0 Å². The zero-order valence-corrected chi connectivity index (χ0v) is 11.6. The lowest BCUT2D eigenvalue weighted by atomic mass is 10.1. The second-order valence-electron chi connectivity index (χ2n) is 4.08. The van der Waals surface area contributed by atoms with Gasteiger partial charge >= 0.3 is 0 Å². The second kappa shape index (κ2) is 6.89. The highest BCUT2D eigenvalue weighted by Crippen LogP contribution is 2.20. The molecule has 0 aliphatic carbocycles. The van der Waals surface area contributed by atoms with Gasteiger partial charge in [0.1, 0.15) is 12.4 Å². The number of aliphatic hydroxyl groups excluding tert-OH is 1. The van der Waals surface area contributed by atoms with Crippen molar-refractivity contribution in [3.63, 3.8) is 0 Å². The molecule has 0 saturated carbocycles. The van der Waals surface area contributed by atoms with Crippen LogP contribution in [0.25, 0.3) is 0 Å². The first-order chi connectivity index (χ1) is 10.1. The predicted octanol–water partition coefficient (Wildman–Crippen LogP) is 3.08. The Morgan fingerprint density at radius 2 is 2.05 bits per heavy atom. The van der Waals surface area contributed by atoms with E-state index in [-0.39, 0.29) is 17.2 Å². The van der Waals surface area contributed by atoms with E-state index in [1.54, 1.807) is 24.3 Å². The quantitative estimate of drug-likeness (QED) is 0.838. The normalized spacial score (nSPS) is 9.67. The molecule has 21 heavy (non-hydrogen) atoms. The highest BCUT2D eigenvalue weighted by atomic mass is 35.5. The monoisotopic (exact) mass is 303 g/mol. The van der Waals surface area contributed by atoms with Gasteiger partial charge in [0.05, 0.1) is 16.3 Å². The van der Waals surface area contributed by atoms with Crippen molar-refractivity contribution in [3.05, 3.63) is 64.4 Å². The van der Waals surface area contributed by atoms with Gasteiger partial charge in [0.25, 0.3) is 5.91 Å². The van der Waals surface area contributed by atoms with Crippen molar-refractivity contribution < 1.29 is 14.3 Å². The van der Waals surface area contributed by atoms with Gasteiger partial charge in [-0.15, -0.1) is 0 Å². The largest absolute Gasteiger partial charge is 0.384 e. The van der Waals surface area contributed by atoms with E-state index < -0.39 is 11.7 Å². The number of carbonyl (C=O) groups is 1. The molecule has 0 aliphatic rings. The highest BCUT2D eigenvalue weighted by molar-refractivity contribution is 6.34. The third kappa shape index (κ3) is 3.82. The number of amides is 1. The summed E-state index contributed by atoms with van der Waals surface area (Å²) < 4.78 is 13.0. The van der Waals surface area contributed by atoms with Crippen LogP contribution >= 0.6 is 11.6 Å². The van der Waals surface area contributed by atoms with Gasteiger partial charge in [-0.25, -0.2) is 4.39 Å². The first-order valence-electron chi connectivity index (χ1n) is 6.07. The van der Waals surface area contributed by atoms with Gasteiger partial charge in [-0.3, -0.25) is 4.79 Å². The van der Waals surface area contributed by atoms with E-state index >= 15 is 0 Å². The molecule has 1 amide bonds. The van der Waals surface area contributed by atoms with Crippen LogP contribution in [0.5, 0.6) is 0 Å². The molecule has 3 nitrogen and oxygen atoms in total. The fourth-order valence-corrected chi connectivity index (χ4v) is 1.95. The number of hydrogen-bond donors (Lipinski definition) is 2. The molecule has 0 bridgehead atoms. The average molecular weight is 304 g/mol. The smallest absolute Gasteiger partial charge is 0.257 e. The van der Waals surface area contributed by atoms with Gasteiger partial charge in [0.15, 0.2) is 0 Å². The summed E-state index contributed by atoms with van der Waals surface area (Å²) in [7, 11) is 0. The predicted molar refractivity (Wildman–Crippen MR) is 79.8 cm³/mol. The molecule has 0 radical (unpaired) electrons. The maximum Gasteiger partial charge on any atom is 0.257 e. The van der Waals surface area contributed by atoms with E-state index in [0.29, 0.717) is 11.3 Å². The topological polar surface area (TPSA) is 49.3 Å². The van der Waals surface area contributed by atoms with Gasteiger partial charge in [-0.1, -0.05) is 35.6 Å². The Morgan fingerprint density at radius 3 is 2.76 bits per heavy atom. The van der Waals surface area contributed by atoms with E-state index in [1.807, 2.05) is 0 Å². The molecule has 5 heteroatoms. The van der Waals surface area contributed by atoms with Crippen LogP contribution in [0.15, 0.2) is 42.5 Å². The van der Waals surface area contributed by atoms with Crippen molar-refractivity contribution in [1.29, 1.82) is 0 Å². The SMILES string of the molecule is O=C(Nc1ccccc1C#CCO)c1ccc(F)cc1Cl. The Labute approximate surface area is 126 Å². The van der Waals surface area contributed by atoms with E-state index in [2.05, 4.69) is 17.2 Å². The Kier molecular flexibility index (Phi) is 4.94. The molecule has 0 unspecified atom stereocenters. The molecule has 0 saturated heterocycles. The van der Waals surface area contributed by atoms with Crippen LogP contribution in [0.4, 0.5) is 10.1 Å². The molecule has 0 spiro atoms. The molecular formula is C16H11ClFNO2. The summed E-state index contributed by atoms with van der Waals surface area (Å²) in [5.74, 6) is 4.28. The van der Waals surface area contributed by atoms with Gasteiger partial charge in [-0.2, -0.15) is 0 Å². The lowest BCUT2D eigenvalue weighted by molar-refractivity contribution is 0.102. The molecule has 0 fully saturated rings. The molecule has 0 atom stereocenters. The van der Waals surface area contributed by atoms with Crippen LogP contribution in [-0.2, 0) is 0 Å². The Bertz CT molecular complexity index is 735. The number of halogens is 2. The summed E-state index contributed by atoms with van der Waals surface area (Å²) >= 11 is 5.85. The van der Waals surface area contributed by atoms with Crippen LogP contribution in [0.1, 0.15) is 15.9 Å². The second-order valence-corrected chi connectivity index (χ2v) is 4.49. The lowest BCUT2D eigenvalue weighted by Gasteiger charge is -2.08. The average Bonchev–Trinajstić information content (AvgIpc) is 2.46. The minimum Gasteiger partial charge on any atom is -0.384 e. The van der Waals surface area contributed by atoms with Crippen molar-refractivity contribution in [3.8, 4) is 11.8 Å². The molecule has 0 aliphatic heterocycles. The molecular weight excluding hydrogens is 293 g/mol. The summed E-state index contributed by atoms with van der Waals surface area (Å²) in [5, 5.41) is 11.4. The summed E-state index contributed by atoms with van der Waals surface area (Å²) in [6, 6.07) is 10.5. The van der Waals surface area contributed by atoms with Crippen LogP contribution in [-0.4, -0.2) is 17.6 Å². The molecule has 0 aromatic heterocycles.